The van der Waals surface area contributed by atoms with E-state index in [1.165, 1.54) is 11.3 Å². The molecule has 1 heterocycles. The van der Waals surface area contributed by atoms with Gasteiger partial charge in [0.15, 0.2) is 0 Å². The molecule has 0 atom stereocenters. The molecule has 0 radical (unpaired) electrons. The smallest absolute Gasteiger partial charge is 0.242 e. The summed E-state index contributed by atoms with van der Waals surface area (Å²) in [6.07, 6.45) is 0. The van der Waals surface area contributed by atoms with E-state index < -0.39 is 22.2 Å². The summed E-state index contributed by atoms with van der Waals surface area (Å²) in [5.74, 6) is 0. The molecule has 4 nitrogen and oxygen atoms in total. The van der Waals surface area contributed by atoms with Crippen molar-refractivity contribution in [2.45, 2.75) is 37.8 Å². The number of nitrogens with one attached hydrogen (secondary N) is 1. The van der Waals surface area contributed by atoms with Gasteiger partial charge in [-0.25, -0.2) is 17.5 Å². The molecule has 0 aromatic carbocycles. The largest absolute Gasteiger partial charge is 0.374 e. The highest BCUT2D eigenvalue weighted by Crippen LogP contribution is 2.22. The van der Waals surface area contributed by atoms with Crippen LogP contribution in [0.1, 0.15) is 26.3 Å². The van der Waals surface area contributed by atoms with Gasteiger partial charge >= 0.3 is 0 Å². The van der Waals surface area contributed by atoms with Crippen molar-refractivity contribution in [1.82, 2.24) is 4.72 Å². The average molecular weight is 295 g/mol. The van der Waals surface area contributed by atoms with Crippen molar-refractivity contribution in [1.29, 1.82) is 0 Å². The summed E-state index contributed by atoms with van der Waals surface area (Å²) < 4.78 is 43.8. The quantitative estimate of drug-likeness (QED) is 0.819. The lowest BCUT2D eigenvalue weighted by Gasteiger charge is -2.20. The Labute approximate surface area is 111 Å². The fourth-order valence-corrected chi connectivity index (χ4v) is 4.18. The van der Waals surface area contributed by atoms with Crippen molar-refractivity contribution in [2.75, 3.05) is 13.3 Å². The Morgan fingerprint density at radius 3 is 2.61 bits per heavy atom. The van der Waals surface area contributed by atoms with Crippen LogP contribution < -0.4 is 4.72 Å². The van der Waals surface area contributed by atoms with Gasteiger partial charge < -0.3 is 4.74 Å². The molecule has 7 heteroatoms. The number of hydrogen-bond donors (Lipinski definition) is 1. The van der Waals surface area contributed by atoms with Crippen LogP contribution in [0.5, 0.6) is 0 Å². The molecule has 0 spiro atoms. The minimum atomic E-state index is -3.56. The van der Waals surface area contributed by atoms with E-state index in [-0.39, 0.29) is 18.1 Å². The molecule has 1 N–H and O–H groups in total. The first-order chi connectivity index (χ1) is 8.26. The lowest BCUT2D eigenvalue weighted by Crippen LogP contribution is -2.40. The SMILES string of the molecule is CC(C)(C)NS(=O)(=O)c1cscc1COCCF. The molecule has 0 aliphatic carbocycles. The molecule has 0 fully saturated rings. The van der Waals surface area contributed by atoms with E-state index in [0.717, 1.165) is 0 Å². The highest BCUT2D eigenvalue weighted by atomic mass is 32.2. The third-order valence-electron chi connectivity index (χ3n) is 1.91. The normalized spacial score (nSPS) is 12.9. The van der Waals surface area contributed by atoms with Crippen molar-refractivity contribution in [3.63, 3.8) is 0 Å². The van der Waals surface area contributed by atoms with Crippen LogP contribution >= 0.6 is 11.3 Å². The summed E-state index contributed by atoms with van der Waals surface area (Å²) in [4.78, 5) is 0.210. The van der Waals surface area contributed by atoms with Crippen LogP contribution in [0.25, 0.3) is 0 Å². The van der Waals surface area contributed by atoms with Crippen LogP contribution in [0.2, 0.25) is 0 Å². The van der Waals surface area contributed by atoms with E-state index >= 15 is 0 Å². The monoisotopic (exact) mass is 295 g/mol. The molecule has 0 aliphatic heterocycles. The number of rotatable bonds is 6. The molecular weight excluding hydrogens is 277 g/mol. The second kappa shape index (κ2) is 6.10. The summed E-state index contributed by atoms with van der Waals surface area (Å²) >= 11 is 1.28. The molecule has 0 saturated carbocycles. The summed E-state index contributed by atoms with van der Waals surface area (Å²) in [5, 5.41) is 3.26. The van der Waals surface area contributed by atoms with Crippen molar-refractivity contribution < 1.29 is 17.5 Å². The van der Waals surface area contributed by atoms with Gasteiger partial charge in [0.2, 0.25) is 10.0 Å². The molecule has 1 aromatic rings. The minimum absolute atomic E-state index is 0.0258. The van der Waals surface area contributed by atoms with Crippen molar-refractivity contribution in [3.8, 4) is 0 Å². The maximum Gasteiger partial charge on any atom is 0.242 e. The van der Waals surface area contributed by atoms with E-state index in [1.54, 1.807) is 31.5 Å². The van der Waals surface area contributed by atoms with E-state index in [2.05, 4.69) is 4.72 Å². The van der Waals surface area contributed by atoms with Crippen LogP contribution in [-0.4, -0.2) is 27.2 Å². The van der Waals surface area contributed by atoms with Crippen LogP contribution in [0.4, 0.5) is 4.39 Å². The average Bonchev–Trinajstić information content (AvgIpc) is 2.63. The zero-order valence-corrected chi connectivity index (χ0v) is 12.3. The number of alkyl halides is 1. The van der Waals surface area contributed by atoms with Gasteiger partial charge in [-0.3, -0.25) is 0 Å². The van der Waals surface area contributed by atoms with E-state index in [1.807, 2.05) is 0 Å². The maximum absolute atomic E-state index is 12.1. The highest BCUT2D eigenvalue weighted by Gasteiger charge is 2.25. The predicted molar refractivity (Wildman–Crippen MR) is 70.0 cm³/mol. The molecule has 18 heavy (non-hydrogen) atoms. The summed E-state index contributed by atoms with van der Waals surface area (Å²) in [6, 6.07) is 0. The third kappa shape index (κ3) is 4.64. The van der Waals surface area contributed by atoms with Gasteiger partial charge in [-0.15, -0.1) is 0 Å². The summed E-state index contributed by atoms with van der Waals surface area (Å²) in [5.41, 5.74) is 0.0166. The Morgan fingerprint density at radius 1 is 1.39 bits per heavy atom. The maximum atomic E-state index is 12.1. The molecule has 0 bridgehead atoms. The van der Waals surface area contributed by atoms with Crippen LogP contribution in [0, 0.1) is 0 Å². The Balaban J connectivity index is 2.86. The van der Waals surface area contributed by atoms with Gasteiger partial charge in [0.05, 0.1) is 18.1 Å². The number of halogens is 1. The van der Waals surface area contributed by atoms with E-state index in [9.17, 15) is 12.8 Å². The number of thiophene rings is 1. The topological polar surface area (TPSA) is 55.4 Å². The first-order valence-corrected chi connectivity index (χ1v) is 7.91. The number of sulfonamides is 1. The second-order valence-corrected chi connectivity index (χ2v) is 7.25. The molecule has 1 aromatic heterocycles. The van der Waals surface area contributed by atoms with Gasteiger partial charge in [0.1, 0.15) is 6.67 Å². The Morgan fingerprint density at radius 2 is 2.06 bits per heavy atom. The van der Waals surface area contributed by atoms with E-state index in [4.69, 9.17) is 4.74 Å². The second-order valence-electron chi connectivity index (χ2n) is 4.86. The van der Waals surface area contributed by atoms with Gasteiger partial charge in [0.25, 0.3) is 0 Å². The minimum Gasteiger partial charge on any atom is -0.374 e. The molecule has 0 unspecified atom stereocenters. The summed E-state index contributed by atoms with van der Waals surface area (Å²) in [6.45, 7) is 4.82. The molecule has 0 aliphatic rings. The highest BCUT2D eigenvalue weighted by molar-refractivity contribution is 7.89. The molecule has 1 rings (SSSR count). The standard InChI is InChI=1S/C11H18FNO3S2/c1-11(2,3)13-18(14,15)10-8-17-7-9(10)6-16-5-4-12/h7-8,13H,4-6H2,1-3H3. The fourth-order valence-electron chi connectivity index (χ4n) is 1.35. The first kappa shape index (κ1) is 15.6. The van der Waals surface area contributed by atoms with Gasteiger partial charge in [0, 0.05) is 16.5 Å². The van der Waals surface area contributed by atoms with Crippen LogP contribution in [0.15, 0.2) is 15.7 Å². The van der Waals surface area contributed by atoms with Gasteiger partial charge in [-0.05, 0) is 26.2 Å². The lowest BCUT2D eigenvalue weighted by molar-refractivity contribution is 0.105. The third-order valence-corrected chi connectivity index (χ3v) is 4.69. The molecule has 0 amide bonds. The molecule has 104 valence electrons. The summed E-state index contributed by atoms with van der Waals surface area (Å²) in [7, 11) is -3.56. The number of hydrogen-bond acceptors (Lipinski definition) is 4. The molecule has 0 saturated heterocycles. The van der Waals surface area contributed by atoms with E-state index in [0.29, 0.717) is 5.56 Å². The Hall–Kier alpha value is -0.500. The van der Waals surface area contributed by atoms with Gasteiger partial charge in [-0.1, -0.05) is 0 Å². The van der Waals surface area contributed by atoms with Crippen molar-refractivity contribution in [3.05, 3.63) is 16.3 Å². The Bertz CT molecular complexity index is 477. The zero-order valence-electron chi connectivity index (χ0n) is 10.7. The fraction of sp³-hybridized carbons (Fsp3) is 0.636. The number of ether oxygens (including phenoxy) is 1. The Kier molecular flexibility index (Phi) is 5.27. The molecular formula is C11H18FNO3S2. The zero-order chi connectivity index (χ0) is 13.8. The predicted octanol–water partition coefficient (Wildman–Crippen LogP) is 2.31. The lowest BCUT2D eigenvalue weighted by atomic mass is 10.1. The van der Waals surface area contributed by atoms with Crippen LogP contribution in [-0.2, 0) is 21.4 Å². The van der Waals surface area contributed by atoms with Crippen molar-refractivity contribution >= 4 is 21.4 Å². The van der Waals surface area contributed by atoms with Crippen LogP contribution in [0.3, 0.4) is 0 Å². The van der Waals surface area contributed by atoms with Crippen molar-refractivity contribution in [2.24, 2.45) is 0 Å². The van der Waals surface area contributed by atoms with Gasteiger partial charge in [-0.2, -0.15) is 11.3 Å². The first-order valence-electron chi connectivity index (χ1n) is 5.49.